The molecule has 2 rings (SSSR count). The molecule has 0 aliphatic carbocycles. The van der Waals surface area contributed by atoms with Crippen LogP contribution in [0.1, 0.15) is 17.5 Å². The van der Waals surface area contributed by atoms with Crippen LogP contribution >= 0.6 is 11.6 Å². The highest BCUT2D eigenvalue weighted by Crippen LogP contribution is 2.20. The molecule has 3 nitrogen and oxygen atoms in total. The number of nitrogens with one attached hydrogen (secondary N) is 2. The Bertz CT molecular complexity index is 688. The molecule has 2 N–H and O–H groups in total. The molecule has 2 aromatic rings. The first kappa shape index (κ1) is 16.3. The summed E-state index contributed by atoms with van der Waals surface area (Å²) >= 11 is 5.68. The molecule has 22 heavy (non-hydrogen) atoms. The van der Waals surface area contributed by atoms with E-state index in [9.17, 15) is 9.18 Å². The van der Waals surface area contributed by atoms with Crippen molar-refractivity contribution in [3.8, 4) is 0 Å². The van der Waals surface area contributed by atoms with Gasteiger partial charge in [-0.05, 0) is 49.2 Å². The first-order valence-electron chi connectivity index (χ1n) is 7.02. The van der Waals surface area contributed by atoms with Crippen molar-refractivity contribution in [1.82, 2.24) is 0 Å². The highest BCUT2D eigenvalue weighted by Gasteiger charge is 2.06. The van der Waals surface area contributed by atoms with E-state index < -0.39 is 5.82 Å². The molecule has 5 heteroatoms. The predicted octanol–water partition coefficient (Wildman–Crippen LogP) is 4.54. The second-order valence-electron chi connectivity index (χ2n) is 5.10. The van der Waals surface area contributed by atoms with Crippen molar-refractivity contribution in [1.29, 1.82) is 0 Å². The Morgan fingerprint density at radius 2 is 2.00 bits per heavy atom. The van der Waals surface area contributed by atoms with E-state index in [1.165, 1.54) is 29.3 Å². The van der Waals surface area contributed by atoms with Gasteiger partial charge in [-0.1, -0.05) is 23.7 Å². The minimum Gasteiger partial charge on any atom is -0.384 e. The lowest BCUT2D eigenvalue weighted by Crippen LogP contribution is -2.16. The van der Waals surface area contributed by atoms with Gasteiger partial charge < -0.3 is 10.6 Å². The highest BCUT2D eigenvalue weighted by molar-refractivity contribution is 6.31. The van der Waals surface area contributed by atoms with Crippen LogP contribution in [0.3, 0.4) is 0 Å². The zero-order valence-electron chi connectivity index (χ0n) is 12.5. The molecule has 0 spiro atoms. The van der Waals surface area contributed by atoms with E-state index in [0.717, 1.165) is 5.69 Å². The molecule has 0 heterocycles. The normalized spacial score (nSPS) is 10.4. The summed E-state index contributed by atoms with van der Waals surface area (Å²) in [4.78, 5) is 11.9. The lowest BCUT2D eigenvalue weighted by molar-refractivity contribution is -0.115. The third-order valence-electron chi connectivity index (χ3n) is 3.48. The number of hydrogen-bond acceptors (Lipinski definition) is 2. The third-order valence-corrected chi connectivity index (χ3v) is 3.77. The number of carbonyl (C=O) groups is 1. The molecule has 0 aliphatic rings. The van der Waals surface area contributed by atoms with Gasteiger partial charge in [0.25, 0.3) is 0 Å². The molecule has 0 saturated heterocycles. The number of amides is 1. The van der Waals surface area contributed by atoms with E-state index in [2.05, 4.69) is 10.6 Å². The van der Waals surface area contributed by atoms with Crippen LogP contribution in [-0.2, 0) is 4.79 Å². The number of rotatable bonds is 5. The number of anilines is 2. The zero-order chi connectivity index (χ0) is 16.1. The maximum Gasteiger partial charge on any atom is 0.226 e. The van der Waals surface area contributed by atoms with Crippen molar-refractivity contribution in [2.45, 2.75) is 20.3 Å². The van der Waals surface area contributed by atoms with Gasteiger partial charge in [0.2, 0.25) is 5.91 Å². The zero-order valence-corrected chi connectivity index (χ0v) is 13.3. The van der Waals surface area contributed by atoms with Crippen molar-refractivity contribution in [2.75, 3.05) is 17.2 Å². The number of carbonyl (C=O) groups excluding carboxylic acids is 1. The van der Waals surface area contributed by atoms with Crippen LogP contribution in [0.5, 0.6) is 0 Å². The fourth-order valence-corrected chi connectivity index (χ4v) is 2.23. The predicted molar refractivity (Wildman–Crippen MR) is 89.1 cm³/mol. The van der Waals surface area contributed by atoms with Crippen LogP contribution in [-0.4, -0.2) is 12.5 Å². The van der Waals surface area contributed by atoms with Crippen molar-refractivity contribution in [3.63, 3.8) is 0 Å². The molecule has 0 atom stereocenters. The van der Waals surface area contributed by atoms with E-state index in [4.69, 9.17) is 11.6 Å². The Balaban J connectivity index is 1.85. The lowest BCUT2D eigenvalue weighted by atomic mass is 10.1. The monoisotopic (exact) mass is 320 g/mol. The van der Waals surface area contributed by atoms with E-state index in [0.29, 0.717) is 18.7 Å². The molecular formula is C17H18ClFN2O. The van der Waals surface area contributed by atoms with Crippen molar-refractivity contribution >= 4 is 28.9 Å². The standard InChI is InChI=1S/C17H18ClFN2O/c1-11-4-3-5-16(12(11)2)20-9-8-17(22)21-13-6-7-15(19)14(18)10-13/h3-7,10,20H,8-9H2,1-2H3,(H,21,22). The Hall–Kier alpha value is -2.07. The Morgan fingerprint density at radius 3 is 2.73 bits per heavy atom. The first-order chi connectivity index (χ1) is 10.5. The summed E-state index contributed by atoms with van der Waals surface area (Å²) in [5.41, 5.74) is 3.89. The van der Waals surface area contributed by atoms with Crippen molar-refractivity contribution in [2.24, 2.45) is 0 Å². The number of benzene rings is 2. The average Bonchev–Trinajstić information content (AvgIpc) is 2.47. The maximum absolute atomic E-state index is 13.0. The Labute approximate surface area is 134 Å². The van der Waals surface area contributed by atoms with E-state index >= 15 is 0 Å². The molecule has 0 aromatic heterocycles. The molecule has 0 aliphatic heterocycles. The second-order valence-corrected chi connectivity index (χ2v) is 5.51. The summed E-state index contributed by atoms with van der Waals surface area (Å²) in [6.07, 6.45) is 0.308. The minimum atomic E-state index is -0.503. The Kier molecular flexibility index (Phi) is 5.39. The summed E-state index contributed by atoms with van der Waals surface area (Å²) < 4.78 is 13.0. The summed E-state index contributed by atoms with van der Waals surface area (Å²) in [6, 6.07) is 10.1. The molecule has 0 radical (unpaired) electrons. The third kappa shape index (κ3) is 4.21. The summed E-state index contributed by atoms with van der Waals surface area (Å²) in [5.74, 6) is -0.656. The Morgan fingerprint density at radius 1 is 1.23 bits per heavy atom. The van der Waals surface area contributed by atoms with Gasteiger partial charge in [-0.3, -0.25) is 4.79 Å². The van der Waals surface area contributed by atoms with E-state index in [-0.39, 0.29) is 10.9 Å². The molecule has 0 fully saturated rings. The van der Waals surface area contributed by atoms with Gasteiger partial charge in [0.15, 0.2) is 0 Å². The average molecular weight is 321 g/mol. The molecule has 0 bridgehead atoms. The molecular weight excluding hydrogens is 303 g/mol. The quantitative estimate of drug-likeness (QED) is 0.849. The fourth-order valence-electron chi connectivity index (χ4n) is 2.05. The smallest absolute Gasteiger partial charge is 0.226 e. The lowest BCUT2D eigenvalue weighted by Gasteiger charge is -2.11. The van der Waals surface area contributed by atoms with Crippen LogP contribution in [0.4, 0.5) is 15.8 Å². The molecule has 0 saturated carbocycles. The fraction of sp³-hybridized carbons (Fsp3) is 0.235. The minimum absolute atomic E-state index is 0.00805. The van der Waals surface area contributed by atoms with Gasteiger partial charge in [0, 0.05) is 24.3 Å². The van der Waals surface area contributed by atoms with Crippen LogP contribution in [0, 0.1) is 19.7 Å². The largest absolute Gasteiger partial charge is 0.384 e. The van der Waals surface area contributed by atoms with Crippen molar-refractivity contribution in [3.05, 3.63) is 58.4 Å². The molecule has 0 unspecified atom stereocenters. The molecule has 1 amide bonds. The van der Waals surface area contributed by atoms with Crippen LogP contribution in [0.25, 0.3) is 0 Å². The van der Waals surface area contributed by atoms with Gasteiger partial charge in [-0.15, -0.1) is 0 Å². The van der Waals surface area contributed by atoms with Gasteiger partial charge in [0.05, 0.1) is 5.02 Å². The van der Waals surface area contributed by atoms with Gasteiger partial charge >= 0.3 is 0 Å². The van der Waals surface area contributed by atoms with Crippen LogP contribution in [0.2, 0.25) is 5.02 Å². The van der Waals surface area contributed by atoms with E-state index in [1.807, 2.05) is 32.0 Å². The SMILES string of the molecule is Cc1cccc(NCCC(=O)Nc2ccc(F)c(Cl)c2)c1C. The molecule has 116 valence electrons. The summed E-state index contributed by atoms with van der Waals surface area (Å²) in [5, 5.41) is 5.93. The number of halogens is 2. The summed E-state index contributed by atoms with van der Waals surface area (Å²) in [6.45, 7) is 4.61. The van der Waals surface area contributed by atoms with E-state index in [1.54, 1.807) is 0 Å². The van der Waals surface area contributed by atoms with Gasteiger partial charge in [0.1, 0.15) is 5.82 Å². The first-order valence-corrected chi connectivity index (χ1v) is 7.40. The van der Waals surface area contributed by atoms with Crippen LogP contribution in [0.15, 0.2) is 36.4 Å². The number of aryl methyl sites for hydroxylation is 1. The van der Waals surface area contributed by atoms with Gasteiger partial charge in [-0.2, -0.15) is 0 Å². The topological polar surface area (TPSA) is 41.1 Å². The maximum atomic E-state index is 13.0. The highest BCUT2D eigenvalue weighted by atomic mass is 35.5. The number of hydrogen-bond donors (Lipinski definition) is 2. The van der Waals surface area contributed by atoms with Crippen LogP contribution < -0.4 is 10.6 Å². The van der Waals surface area contributed by atoms with Gasteiger partial charge in [-0.25, -0.2) is 4.39 Å². The molecule has 2 aromatic carbocycles. The second kappa shape index (κ2) is 7.27. The summed E-state index contributed by atoms with van der Waals surface area (Å²) in [7, 11) is 0. The van der Waals surface area contributed by atoms with Crippen molar-refractivity contribution < 1.29 is 9.18 Å².